The molecule has 17 heavy (non-hydrogen) atoms. The zero-order valence-electron chi connectivity index (χ0n) is 9.54. The van der Waals surface area contributed by atoms with Crippen LogP contribution in [0.2, 0.25) is 0 Å². The summed E-state index contributed by atoms with van der Waals surface area (Å²) in [4.78, 5) is 11.4. The van der Waals surface area contributed by atoms with Gasteiger partial charge in [-0.15, -0.1) is 0 Å². The average molecular weight is 240 g/mol. The first-order valence-electron chi connectivity index (χ1n) is 5.34. The highest BCUT2D eigenvalue weighted by atomic mass is 16.5. The lowest BCUT2D eigenvalue weighted by atomic mass is 10.0. The Kier molecular flexibility index (Phi) is 5.09. The minimum Gasteiger partial charge on any atom is -0.462 e. The van der Waals surface area contributed by atoms with Crippen LogP contribution in [-0.2, 0) is 4.74 Å². The Hall–Kier alpha value is -1.43. The van der Waals surface area contributed by atoms with Gasteiger partial charge in [-0.05, 0) is 24.6 Å². The Morgan fingerprint density at radius 3 is 2.71 bits per heavy atom. The van der Waals surface area contributed by atoms with Gasteiger partial charge in [-0.2, -0.15) is 0 Å². The molecule has 5 heteroatoms. The molecule has 0 heterocycles. The van der Waals surface area contributed by atoms with E-state index in [0.717, 1.165) is 0 Å². The Morgan fingerprint density at radius 1 is 1.41 bits per heavy atom. The molecule has 0 radical (unpaired) electrons. The Morgan fingerprint density at radius 2 is 2.12 bits per heavy atom. The lowest BCUT2D eigenvalue weighted by Gasteiger charge is -2.16. The summed E-state index contributed by atoms with van der Waals surface area (Å²) in [5.41, 5.74) is 0.658. The summed E-state index contributed by atoms with van der Waals surface area (Å²) in [6, 6.07) is 6.13. The quantitative estimate of drug-likeness (QED) is 0.642. The summed E-state index contributed by atoms with van der Waals surface area (Å²) in [6.45, 7) is 1.42. The summed E-state index contributed by atoms with van der Waals surface area (Å²) in [5, 5.41) is 27.7. The van der Waals surface area contributed by atoms with Crippen LogP contribution in [0.4, 0.5) is 0 Å². The van der Waals surface area contributed by atoms with Crippen LogP contribution in [-0.4, -0.2) is 40.6 Å². The highest BCUT2D eigenvalue weighted by Crippen LogP contribution is 2.18. The number of hydrogen-bond acceptors (Lipinski definition) is 5. The molecule has 0 aliphatic heterocycles. The summed E-state index contributed by atoms with van der Waals surface area (Å²) in [5.74, 6) is -0.486. The molecule has 3 N–H and O–H groups in total. The predicted molar refractivity (Wildman–Crippen MR) is 60.5 cm³/mol. The van der Waals surface area contributed by atoms with Gasteiger partial charge in [0.15, 0.2) is 0 Å². The van der Waals surface area contributed by atoms with Crippen LogP contribution in [0.3, 0.4) is 0 Å². The van der Waals surface area contributed by atoms with Gasteiger partial charge in [-0.25, -0.2) is 4.79 Å². The molecule has 0 aliphatic carbocycles. The van der Waals surface area contributed by atoms with E-state index in [1.54, 1.807) is 25.1 Å². The van der Waals surface area contributed by atoms with E-state index < -0.39 is 24.8 Å². The molecular formula is C12H16O5. The topological polar surface area (TPSA) is 87.0 Å². The summed E-state index contributed by atoms with van der Waals surface area (Å²) in [7, 11) is 0. The largest absolute Gasteiger partial charge is 0.462 e. The number of carbonyl (C=O) groups is 1. The fourth-order valence-electron chi connectivity index (χ4n) is 1.39. The molecule has 0 aromatic heterocycles. The van der Waals surface area contributed by atoms with Crippen LogP contribution >= 0.6 is 0 Å². The van der Waals surface area contributed by atoms with Crippen LogP contribution < -0.4 is 0 Å². The molecule has 0 saturated carbocycles. The van der Waals surface area contributed by atoms with Crippen molar-refractivity contribution in [1.29, 1.82) is 0 Å². The van der Waals surface area contributed by atoms with Crippen molar-refractivity contribution in [3.63, 3.8) is 0 Å². The number of aliphatic hydroxyl groups excluding tert-OH is 3. The molecule has 0 fully saturated rings. The molecule has 2 atom stereocenters. The molecule has 0 saturated heterocycles. The van der Waals surface area contributed by atoms with E-state index in [2.05, 4.69) is 0 Å². The van der Waals surface area contributed by atoms with Crippen molar-refractivity contribution >= 4 is 5.97 Å². The van der Waals surface area contributed by atoms with Crippen LogP contribution in [0.5, 0.6) is 0 Å². The molecular weight excluding hydrogens is 224 g/mol. The summed E-state index contributed by atoms with van der Waals surface area (Å²) >= 11 is 0. The predicted octanol–water partition coefficient (Wildman–Crippen LogP) is 0.250. The van der Waals surface area contributed by atoms with Crippen LogP contribution in [0, 0.1) is 0 Å². The molecule has 0 amide bonds. The van der Waals surface area contributed by atoms with E-state index in [4.69, 9.17) is 9.84 Å². The van der Waals surface area contributed by atoms with Crippen molar-refractivity contribution in [2.75, 3.05) is 13.2 Å². The van der Waals surface area contributed by atoms with Crippen LogP contribution in [0.15, 0.2) is 24.3 Å². The first kappa shape index (κ1) is 13.6. The molecule has 1 aromatic rings. The van der Waals surface area contributed by atoms with Gasteiger partial charge in [0.1, 0.15) is 12.2 Å². The van der Waals surface area contributed by atoms with Crippen LogP contribution in [0.25, 0.3) is 0 Å². The van der Waals surface area contributed by atoms with E-state index in [0.29, 0.717) is 11.1 Å². The van der Waals surface area contributed by atoms with Gasteiger partial charge in [0.25, 0.3) is 0 Å². The maximum Gasteiger partial charge on any atom is 0.338 e. The first-order chi connectivity index (χ1) is 8.10. The Labute approximate surface area is 99.3 Å². The number of esters is 1. The molecule has 5 nitrogen and oxygen atoms in total. The van der Waals surface area contributed by atoms with Crippen molar-refractivity contribution in [2.45, 2.75) is 19.1 Å². The highest BCUT2D eigenvalue weighted by Gasteiger charge is 2.18. The number of benzene rings is 1. The fourth-order valence-corrected chi connectivity index (χ4v) is 1.39. The van der Waals surface area contributed by atoms with Gasteiger partial charge in [0.05, 0.1) is 18.8 Å². The highest BCUT2D eigenvalue weighted by molar-refractivity contribution is 5.89. The van der Waals surface area contributed by atoms with Gasteiger partial charge in [0.2, 0.25) is 0 Å². The van der Waals surface area contributed by atoms with Crippen molar-refractivity contribution in [2.24, 2.45) is 0 Å². The zero-order chi connectivity index (χ0) is 12.8. The maximum atomic E-state index is 11.4. The number of rotatable bonds is 5. The van der Waals surface area contributed by atoms with E-state index in [1.807, 2.05) is 0 Å². The normalized spacial score (nSPS) is 14.1. The standard InChI is InChI=1S/C12H16O5/c1-2-17-12(16)9-5-3-4-8(6-9)11(15)10(14)7-13/h3-6,10-11,13-15H,2,7H2,1H3. The third-order valence-electron chi connectivity index (χ3n) is 2.29. The molecule has 0 aliphatic rings. The number of aliphatic hydroxyl groups is 3. The van der Waals surface area contributed by atoms with Gasteiger partial charge < -0.3 is 20.1 Å². The van der Waals surface area contributed by atoms with E-state index in [1.165, 1.54) is 6.07 Å². The molecule has 1 rings (SSSR count). The fraction of sp³-hybridized carbons (Fsp3) is 0.417. The molecule has 94 valence electrons. The minimum atomic E-state index is -1.27. The van der Waals surface area contributed by atoms with Gasteiger partial charge in [0, 0.05) is 0 Å². The SMILES string of the molecule is CCOC(=O)c1cccc(C(O)C(O)CO)c1. The first-order valence-corrected chi connectivity index (χ1v) is 5.34. The average Bonchev–Trinajstić information content (AvgIpc) is 2.37. The smallest absolute Gasteiger partial charge is 0.338 e. The number of carbonyl (C=O) groups excluding carboxylic acids is 1. The molecule has 1 aromatic carbocycles. The number of hydrogen-bond donors (Lipinski definition) is 3. The summed E-state index contributed by atoms with van der Waals surface area (Å²) < 4.78 is 4.82. The van der Waals surface area contributed by atoms with E-state index in [9.17, 15) is 15.0 Å². The van der Waals surface area contributed by atoms with Gasteiger partial charge in [-0.1, -0.05) is 12.1 Å². The maximum absolute atomic E-state index is 11.4. The lowest BCUT2D eigenvalue weighted by Crippen LogP contribution is -2.22. The van der Waals surface area contributed by atoms with Crippen molar-refractivity contribution < 1.29 is 24.9 Å². The van der Waals surface area contributed by atoms with Crippen LogP contribution in [0.1, 0.15) is 28.9 Å². The summed E-state index contributed by atoms with van der Waals surface area (Å²) in [6.07, 6.45) is -2.50. The Bertz CT molecular complexity index is 377. The second-order valence-corrected chi connectivity index (χ2v) is 3.54. The zero-order valence-corrected chi connectivity index (χ0v) is 9.54. The van der Waals surface area contributed by atoms with Crippen molar-refractivity contribution in [3.05, 3.63) is 35.4 Å². The van der Waals surface area contributed by atoms with Crippen molar-refractivity contribution in [3.8, 4) is 0 Å². The van der Waals surface area contributed by atoms with E-state index in [-0.39, 0.29) is 6.61 Å². The van der Waals surface area contributed by atoms with Crippen molar-refractivity contribution in [1.82, 2.24) is 0 Å². The lowest BCUT2D eigenvalue weighted by molar-refractivity contribution is -0.0153. The third-order valence-corrected chi connectivity index (χ3v) is 2.29. The molecule has 0 bridgehead atoms. The van der Waals surface area contributed by atoms with Gasteiger partial charge >= 0.3 is 5.97 Å². The second-order valence-electron chi connectivity index (χ2n) is 3.54. The van der Waals surface area contributed by atoms with Gasteiger partial charge in [-0.3, -0.25) is 0 Å². The molecule has 0 spiro atoms. The molecule has 2 unspecified atom stereocenters. The Balaban J connectivity index is 2.89. The number of ether oxygens (including phenoxy) is 1. The second kappa shape index (κ2) is 6.34. The minimum absolute atomic E-state index is 0.269. The van der Waals surface area contributed by atoms with E-state index >= 15 is 0 Å². The monoisotopic (exact) mass is 240 g/mol. The third kappa shape index (κ3) is 3.52.